The van der Waals surface area contributed by atoms with Gasteiger partial charge in [-0.25, -0.2) is 4.52 Å². The Balaban J connectivity index is 1.70. The van der Waals surface area contributed by atoms with E-state index in [1.807, 2.05) is 0 Å². The molecule has 0 atom stereocenters. The first kappa shape index (κ1) is 20.9. The smallest absolute Gasteiger partial charge is 0.335 e. The van der Waals surface area contributed by atoms with Gasteiger partial charge in [-0.05, 0) is 12.8 Å². The highest BCUT2D eigenvalue weighted by atomic mass is 19.4. The van der Waals surface area contributed by atoms with Crippen LogP contribution in [0.5, 0.6) is 0 Å². The first-order valence-corrected chi connectivity index (χ1v) is 8.83. The van der Waals surface area contributed by atoms with Crippen LogP contribution in [0.3, 0.4) is 0 Å². The predicted octanol–water partition coefficient (Wildman–Crippen LogP) is 2.29. The van der Waals surface area contributed by atoms with Crippen molar-refractivity contribution in [3.8, 4) is 11.4 Å². The van der Waals surface area contributed by atoms with Crippen molar-refractivity contribution < 1.29 is 35.7 Å². The summed E-state index contributed by atoms with van der Waals surface area (Å²) in [5.74, 6) is -4.00. The van der Waals surface area contributed by atoms with Crippen LogP contribution in [0.2, 0.25) is 0 Å². The van der Waals surface area contributed by atoms with E-state index in [-0.39, 0.29) is 37.1 Å². The van der Waals surface area contributed by atoms with Gasteiger partial charge in [0.15, 0.2) is 0 Å². The third kappa shape index (κ3) is 3.74. The van der Waals surface area contributed by atoms with E-state index in [0.29, 0.717) is 4.90 Å². The Morgan fingerprint density at radius 1 is 1.13 bits per heavy atom. The minimum absolute atomic E-state index is 0.0199. The Hall–Kier alpha value is -3.39. The van der Waals surface area contributed by atoms with Crippen molar-refractivity contribution in [2.45, 2.75) is 31.2 Å². The highest BCUT2D eigenvalue weighted by Crippen LogP contribution is 2.32. The number of halogens is 6. The van der Waals surface area contributed by atoms with Gasteiger partial charge in [-0.1, -0.05) is 5.16 Å². The van der Waals surface area contributed by atoms with E-state index in [2.05, 4.69) is 19.8 Å². The highest BCUT2D eigenvalue weighted by Gasteiger charge is 2.43. The van der Waals surface area contributed by atoms with Crippen LogP contribution >= 0.6 is 0 Å². The zero-order valence-corrected chi connectivity index (χ0v) is 15.3. The van der Waals surface area contributed by atoms with Gasteiger partial charge in [-0.2, -0.15) is 36.4 Å². The number of piperidine rings is 1. The number of fused-ring (bicyclic) bond motifs is 1. The van der Waals surface area contributed by atoms with Gasteiger partial charge in [0, 0.05) is 31.4 Å². The molecule has 31 heavy (non-hydrogen) atoms. The average molecular weight is 450 g/mol. The number of aromatic nitrogens is 5. The zero-order chi connectivity index (χ0) is 22.6. The fourth-order valence-corrected chi connectivity index (χ4v) is 3.49. The van der Waals surface area contributed by atoms with Crippen molar-refractivity contribution in [3.05, 3.63) is 34.7 Å². The molecule has 1 aliphatic heterocycles. The Labute approximate surface area is 167 Å². The second-order valence-corrected chi connectivity index (χ2v) is 6.79. The number of rotatable bonds is 2. The normalized spacial score (nSPS) is 16.3. The number of likely N-dealkylation sites (tertiary alicyclic amines) is 1. The molecular weight excluding hydrogens is 438 g/mol. The van der Waals surface area contributed by atoms with Crippen molar-refractivity contribution in [3.63, 3.8) is 0 Å². The summed E-state index contributed by atoms with van der Waals surface area (Å²) in [6.07, 6.45) is -7.40. The first-order valence-electron chi connectivity index (χ1n) is 8.83. The molecule has 0 N–H and O–H groups in total. The lowest BCUT2D eigenvalue weighted by Crippen LogP contribution is -2.46. The summed E-state index contributed by atoms with van der Waals surface area (Å²) < 4.78 is 83.0. The van der Waals surface area contributed by atoms with Crippen LogP contribution in [0.25, 0.3) is 17.0 Å². The van der Waals surface area contributed by atoms with Crippen LogP contribution in [0.1, 0.15) is 24.8 Å². The molecule has 1 fully saturated rings. The maximum absolute atomic E-state index is 12.8. The highest BCUT2D eigenvalue weighted by molar-refractivity contribution is 5.82. The molecule has 0 saturated carbocycles. The van der Waals surface area contributed by atoms with Crippen LogP contribution in [-0.4, -0.2) is 54.4 Å². The van der Waals surface area contributed by atoms with Crippen molar-refractivity contribution in [1.82, 2.24) is 29.2 Å². The summed E-state index contributed by atoms with van der Waals surface area (Å²) in [6, 6.07) is 0.534. The summed E-state index contributed by atoms with van der Waals surface area (Å²) in [4.78, 5) is 27.9. The molecule has 0 bridgehead atoms. The Morgan fingerprint density at radius 2 is 1.81 bits per heavy atom. The lowest BCUT2D eigenvalue weighted by atomic mass is 10.0. The molecule has 9 nitrogen and oxygen atoms in total. The molecule has 15 heteroatoms. The molecule has 3 aromatic rings. The third-order valence-corrected chi connectivity index (χ3v) is 4.86. The summed E-state index contributed by atoms with van der Waals surface area (Å²) in [7, 11) is 0. The fraction of sp³-hybridized carbons (Fsp3) is 0.438. The molecule has 0 radical (unpaired) electrons. The summed E-state index contributed by atoms with van der Waals surface area (Å²) in [5.41, 5.74) is -0.511. The Kier molecular flexibility index (Phi) is 4.77. The maximum atomic E-state index is 12.8. The molecule has 1 amide bonds. The molecule has 0 unspecified atom stereocenters. The van der Waals surface area contributed by atoms with Gasteiger partial charge in [0.1, 0.15) is 5.65 Å². The van der Waals surface area contributed by atoms with Gasteiger partial charge in [0.25, 0.3) is 5.56 Å². The van der Waals surface area contributed by atoms with Crippen LogP contribution in [0.4, 0.5) is 26.3 Å². The van der Waals surface area contributed by atoms with Crippen LogP contribution < -0.4 is 5.56 Å². The standard InChI is InChI=1S/C16H12F6N6O3/c17-15(18,19)13-24-11(25-31-13)9-7-23-27-6-3-10(29)28(12(9)27)8-1-4-26(5-2-8)14(30)16(20,21)22/h3,6-8H,1-2,4-5H2. The third-order valence-electron chi connectivity index (χ3n) is 4.86. The van der Waals surface area contributed by atoms with Crippen molar-refractivity contribution in [2.75, 3.05) is 13.1 Å². The number of carbonyl (C=O) groups excluding carboxylic acids is 1. The number of carbonyl (C=O) groups is 1. The van der Waals surface area contributed by atoms with Gasteiger partial charge < -0.3 is 9.42 Å². The van der Waals surface area contributed by atoms with Crippen LogP contribution in [0.15, 0.2) is 27.8 Å². The summed E-state index contributed by atoms with van der Waals surface area (Å²) >= 11 is 0. The SMILES string of the molecule is O=C(N1CCC(n2c(=O)ccn3ncc(-c4noc(C(F)(F)F)n4)c23)CC1)C(F)(F)F. The van der Waals surface area contributed by atoms with E-state index in [9.17, 15) is 35.9 Å². The van der Waals surface area contributed by atoms with Crippen LogP contribution in [-0.2, 0) is 11.0 Å². The molecule has 4 rings (SSSR count). The van der Waals surface area contributed by atoms with E-state index in [1.165, 1.54) is 15.3 Å². The zero-order valence-electron chi connectivity index (χ0n) is 15.3. The second-order valence-electron chi connectivity index (χ2n) is 6.79. The van der Waals surface area contributed by atoms with Crippen molar-refractivity contribution >= 4 is 11.6 Å². The van der Waals surface area contributed by atoms with E-state index >= 15 is 0 Å². The maximum Gasteiger partial charge on any atom is 0.471 e. The lowest BCUT2D eigenvalue weighted by Gasteiger charge is -2.33. The Morgan fingerprint density at radius 3 is 2.39 bits per heavy atom. The summed E-state index contributed by atoms with van der Waals surface area (Å²) in [6.45, 7) is -0.499. The molecular formula is C16H12F6N6O3. The van der Waals surface area contributed by atoms with Gasteiger partial charge in [-0.15, -0.1) is 0 Å². The molecule has 0 aliphatic carbocycles. The minimum atomic E-state index is -5.00. The van der Waals surface area contributed by atoms with E-state index < -0.39 is 41.6 Å². The van der Waals surface area contributed by atoms with Gasteiger partial charge in [0.05, 0.1) is 11.8 Å². The fourth-order valence-electron chi connectivity index (χ4n) is 3.49. The molecule has 0 aromatic carbocycles. The number of amides is 1. The Bertz CT molecular complexity index is 1190. The van der Waals surface area contributed by atoms with E-state index in [4.69, 9.17) is 0 Å². The minimum Gasteiger partial charge on any atom is -0.335 e. The van der Waals surface area contributed by atoms with Crippen molar-refractivity contribution in [1.29, 1.82) is 0 Å². The predicted molar refractivity (Wildman–Crippen MR) is 88.7 cm³/mol. The topological polar surface area (TPSA) is 98.5 Å². The molecule has 3 aromatic heterocycles. The monoisotopic (exact) mass is 450 g/mol. The second kappa shape index (κ2) is 7.09. The number of nitrogens with zero attached hydrogens (tertiary/aromatic N) is 6. The van der Waals surface area contributed by atoms with E-state index in [1.54, 1.807) is 0 Å². The molecule has 4 heterocycles. The summed E-state index contributed by atoms with van der Waals surface area (Å²) in [5, 5.41) is 7.28. The first-order chi connectivity index (χ1) is 14.5. The van der Waals surface area contributed by atoms with Crippen molar-refractivity contribution in [2.24, 2.45) is 0 Å². The van der Waals surface area contributed by atoms with E-state index in [0.717, 1.165) is 12.3 Å². The lowest BCUT2D eigenvalue weighted by molar-refractivity contribution is -0.186. The molecule has 1 aliphatic rings. The van der Waals surface area contributed by atoms with Crippen LogP contribution in [0, 0.1) is 0 Å². The van der Waals surface area contributed by atoms with Gasteiger partial charge in [-0.3, -0.25) is 14.2 Å². The largest absolute Gasteiger partial charge is 0.471 e. The quantitative estimate of drug-likeness (QED) is 0.556. The molecule has 166 valence electrons. The van der Waals surface area contributed by atoms with Gasteiger partial charge >= 0.3 is 24.2 Å². The van der Waals surface area contributed by atoms with Gasteiger partial charge in [0.2, 0.25) is 5.82 Å². The number of hydrogen-bond acceptors (Lipinski definition) is 6. The number of hydrogen-bond donors (Lipinski definition) is 0. The number of alkyl halides is 6. The molecule has 1 saturated heterocycles. The molecule has 0 spiro atoms. The average Bonchev–Trinajstić information content (AvgIpc) is 3.33.